The number of hydrogen-bond acceptors (Lipinski definition) is 5. The molecule has 1 rings (SSSR count). The van der Waals surface area contributed by atoms with Gasteiger partial charge in [0.25, 0.3) is 0 Å². The first kappa shape index (κ1) is 14.8. The molecular formula is C12H18N4O3. The Bertz CT molecular complexity index is 476. The standard InChI is InChI=1S/C12H18N4O3/c1-16(6-11(14)17)7-12(18)15-10-4-3-8(19-2)5-9(10)13/h3-5H,6-7,13H2,1-2H3,(H2,14,17)(H,15,18). The second-order valence-corrected chi connectivity index (χ2v) is 4.14. The van der Waals surface area contributed by atoms with Gasteiger partial charge in [0.1, 0.15) is 5.75 Å². The summed E-state index contributed by atoms with van der Waals surface area (Å²) in [5.41, 5.74) is 11.7. The summed E-state index contributed by atoms with van der Waals surface area (Å²) >= 11 is 0. The lowest BCUT2D eigenvalue weighted by molar-refractivity contribution is -0.120. The molecule has 0 unspecified atom stereocenters. The average Bonchev–Trinajstić information content (AvgIpc) is 2.30. The van der Waals surface area contributed by atoms with Crippen LogP contribution in [0.2, 0.25) is 0 Å². The van der Waals surface area contributed by atoms with E-state index in [0.29, 0.717) is 17.1 Å². The van der Waals surface area contributed by atoms with Crippen LogP contribution in [0.3, 0.4) is 0 Å². The highest BCUT2D eigenvalue weighted by Crippen LogP contribution is 2.23. The molecule has 0 aliphatic heterocycles. The maximum Gasteiger partial charge on any atom is 0.238 e. The fourth-order valence-corrected chi connectivity index (χ4v) is 1.54. The van der Waals surface area contributed by atoms with Gasteiger partial charge in [-0.2, -0.15) is 0 Å². The van der Waals surface area contributed by atoms with Gasteiger partial charge in [-0.25, -0.2) is 0 Å². The third-order valence-corrected chi connectivity index (χ3v) is 2.37. The van der Waals surface area contributed by atoms with E-state index in [4.69, 9.17) is 16.2 Å². The number of nitrogens with two attached hydrogens (primary N) is 2. The minimum atomic E-state index is -0.487. The van der Waals surface area contributed by atoms with Gasteiger partial charge in [-0.1, -0.05) is 0 Å². The Hall–Kier alpha value is -2.28. The van der Waals surface area contributed by atoms with E-state index in [0.717, 1.165) is 0 Å². The molecule has 0 saturated carbocycles. The van der Waals surface area contributed by atoms with Crippen LogP contribution in [0.4, 0.5) is 11.4 Å². The summed E-state index contributed by atoms with van der Waals surface area (Å²) in [6, 6.07) is 4.96. The molecular weight excluding hydrogens is 248 g/mol. The molecule has 0 atom stereocenters. The molecule has 0 aliphatic carbocycles. The number of benzene rings is 1. The quantitative estimate of drug-likeness (QED) is 0.608. The van der Waals surface area contributed by atoms with Crippen LogP contribution in [0.15, 0.2) is 18.2 Å². The molecule has 5 N–H and O–H groups in total. The molecule has 1 aromatic carbocycles. The van der Waals surface area contributed by atoms with Crippen molar-refractivity contribution in [3.8, 4) is 5.75 Å². The lowest BCUT2D eigenvalue weighted by Gasteiger charge is -2.15. The molecule has 1 aromatic rings. The zero-order valence-corrected chi connectivity index (χ0v) is 11.0. The number of primary amides is 1. The first-order valence-corrected chi connectivity index (χ1v) is 5.62. The van der Waals surface area contributed by atoms with Crippen LogP contribution < -0.4 is 21.5 Å². The first-order chi connectivity index (χ1) is 8.92. The Kier molecular flexibility index (Phi) is 5.13. The molecule has 104 valence electrons. The fourth-order valence-electron chi connectivity index (χ4n) is 1.54. The van der Waals surface area contributed by atoms with E-state index in [1.54, 1.807) is 25.2 Å². The van der Waals surface area contributed by atoms with Crippen molar-refractivity contribution in [2.24, 2.45) is 5.73 Å². The van der Waals surface area contributed by atoms with Crippen LogP contribution in [0, 0.1) is 0 Å². The molecule has 0 aliphatic rings. The van der Waals surface area contributed by atoms with Crippen LogP contribution in [-0.2, 0) is 9.59 Å². The molecule has 19 heavy (non-hydrogen) atoms. The molecule has 0 radical (unpaired) electrons. The van der Waals surface area contributed by atoms with Crippen molar-refractivity contribution in [1.82, 2.24) is 4.90 Å². The minimum absolute atomic E-state index is 0.0194. The molecule has 7 nitrogen and oxygen atoms in total. The average molecular weight is 266 g/mol. The highest BCUT2D eigenvalue weighted by Gasteiger charge is 2.10. The number of nitrogen functional groups attached to an aromatic ring is 1. The van der Waals surface area contributed by atoms with Gasteiger partial charge in [-0.3, -0.25) is 14.5 Å². The number of likely N-dealkylation sites (N-methyl/N-ethyl adjacent to an activating group) is 1. The van der Waals surface area contributed by atoms with E-state index in [1.165, 1.54) is 12.0 Å². The number of carbonyl (C=O) groups is 2. The molecule has 7 heteroatoms. The SMILES string of the molecule is COc1ccc(NC(=O)CN(C)CC(N)=O)c(N)c1. The van der Waals surface area contributed by atoms with E-state index in [9.17, 15) is 9.59 Å². The molecule has 0 aromatic heterocycles. The second-order valence-electron chi connectivity index (χ2n) is 4.14. The fraction of sp³-hybridized carbons (Fsp3) is 0.333. The van der Waals surface area contributed by atoms with Crippen molar-refractivity contribution in [3.05, 3.63) is 18.2 Å². The van der Waals surface area contributed by atoms with Gasteiger partial charge in [0.2, 0.25) is 11.8 Å². The predicted molar refractivity (Wildman–Crippen MR) is 72.7 cm³/mol. The summed E-state index contributed by atoms with van der Waals surface area (Å²) in [4.78, 5) is 23.9. The van der Waals surface area contributed by atoms with E-state index >= 15 is 0 Å². The molecule has 0 bridgehead atoms. The number of methoxy groups -OCH3 is 1. The van der Waals surface area contributed by atoms with Crippen LogP contribution in [0.1, 0.15) is 0 Å². The number of ether oxygens (including phenoxy) is 1. The van der Waals surface area contributed by atoms with Gasteiger partial charge in [0.15, 0.2) is 0 Å². The number of amides is 2. The molecule has 2 amide bonds. The summed E-state index contributed by atoms with van der Waals surface area (Å²) in [5, 5.41) is 2.65. The third kappa shape index (κ3) is 4.84. The number of hydrogen-bond donors (Lipinski definition) is 3. The summed E-state index contributed by atoms with van der Waals surface area (Å²) in [6.45, 7) is 0.0694. The largest absolute Gasteiger partial charge is 0.497 e. The Morgan fingerprint density at radius 1 is 1.37 bits per heavy atom. The summed E-state index contributed by atoms with van der Waals surface area (Å²) in [6.07, 6.45) is 0. The lowest BCUT2D eigenvalue weighted by atomic mass is 10.2. The van der Waals surface area contributed by atoms with Crippen LogP contribution >= 0.6 is 0 Å². The summed E-state index contributed by atoms with van der Waals surface area (Å²) < 4.78 is 5.01. The molecule has 0 heterocycles. The zero-order valence-electron chi connectivity index (χ0n) is 11.0. The highest BCUT2D eigenvalue weighted by atomic mass is 16.5. The number of nitrogens with one attached hydrogen (secondary N) is 1. The highest BCUT2D eigenvalue weighted by molar-refractivity contribution is 5.95. The van der Waals surface area contributed by atoms with Gasteiger partial charge in [0, 0.05) is 6.07 Å². The maximum absolute atomic E-state index is 11.7. The monoisotopic (exact) mass is 266 g/mol. The Balaban J connectivity index is 2.59. The van der Waals surface area contributed by atoms with Crippen LogP contribution in [-0.4, -0.2) is 44.0 Å². The van der Waals surface area contributed by atoms with Gasteiger partial charge >= 0.3 is 0 Å². The van der Waals surface area contributed by atoms with Crippen molar-refractivity contribution >= 4 is 23.2 Å². The minimum Gasteiger partial charge on any atom is -0.497 e. The van der Waals surface area contributed by atoms with E-state index in [2.05, 4.69) is 5.32 Å². The van der Waals surface area contributed by atoms with Crippen molar-refractivity contribution in [1.29, 1.82) is 0 Å². The van der Waals surface area contributed by atoms with Gasteiger partial charge in [-0.05, 0) is 19.2 Å². The normalized spacial score (nSPS) is 10.3. The number of carbonyl (C=O) groups excluding carboxylic acids is 2. The topological polar surface area (TPSA) is 111 Å². The Morgan fingerprint density at radius 2 is 2.05 bits per heavy atom. The van der Waals surface area contributed by atoms with Crippen molar-refractivity contribution in [2.45, 2.75) is 0 Å². The zero-order chi connectivity index (χ0) is 14.4. The first-order valence-electron chi connectivity index (χ1n) is 5.62. The molecule has 0 fully saturated rings. The van der Waals surface area contributed by atoms with Crippen LogP contribution in [0.5, 0.6) is 5.75 Å². The number of anilines is 2. The summed E-state index contributed by atoms with van der Waals surface area (Å²) in [7, 11) is 3.16. The van der Waals surface area contributed by atoms with E-state index in [1.807, 2.05) is 0 Å². The number of nitrogens with zero attached hydrogens (tertiary/aromatic N) is 1. The van der Waals surface area contributed by atoms with Gasteiger partial charge < -0.3 is 21.5 Å². The maximum atomic E-state index is 11.7. The predicted octanol–water partition coefficient (Wildman–Crippen LogP) is -0.367. The van der Waals surface area contributed by atoms with Gasteiger partial charge in [-0.15, -0.1) is 0 Å². The lowest BCUT2D eigenvalue weighted by Crippen LogP contribution is -2.36. The molecule has 0 saturated heterocycles. The van der Waals surface area contributed by atoms with Crippen LogP contribution in [0.25, 0.3) is 0 Å². The third-order valence-electron chi connectivity index (χ3n) is 2.37. The van der Waals surface area contributed by atoms with E-state index < -0.39 is 5.91 Å². The summed E-state index contributed by atoms with van der Waals surface area (Å²) in [5.74, 6) is -0.152. The smallest absolute Gasteiger partial charge is 0.238 e. The molecule has 0 spiro atoms. The second kappa shape index (κ2) is 6.60. The van der Waals surface area contributed by atoms with Crippen molar-refractivity contribution in [2.75, 3.05) is 38.3 Å². The van der Waals surface area contributed by atoms with Crippen molar-refractivity contribution in [3.63, 3.8) is 0 Å². The Morgan fingerprint density at radius 3 is 2.58 bits per heavy atom. The Labute approximate surface area is 111 Å². The van der Waals surface area contributed by atoms with E-state index in [-0.39, 0.29) is 19.0 Å². The number of rotatable bonds is 6. The van der Waals surface area contributed by atoms with Crippen molar-refractivity contribution < 1.29 is 14.3 Å². The van der Waals surface area contributed by atoms with Gasteiger partial charge in [0.05, 0.1) is 31.6 Å².